The third-order valence-electron chi connectivity index (χ3n) is 0.798. The minimum atomic E-state index is 0.501. The van der Waals surface area contributed by atoms with Gasteiger partial charge in [0.05, 0.1) is 6.26 Å². The van der Waals surface area contributed by atoms with Crippen molar-refractivity contribution in [3.05, 3.63) is 22.8 Å². The minimum absolute atomic E-state index is 0.501. The molecular weight excluding hydrogens is 118 g/mol. The zero-order valence-electron chi connectivity index (χ0n) is 5.06. The van der Waals surface area contributed by atoms with Crippen molar-refractivity contribution in [3.63, 3.8) is 0 Å². The maximum absolute atomic E-state index is 8.14. The van der Waals surface area contributed by atoms with Gasteiger partial charge < -0.3 is 5.11 Å². The Labute approximate surface area is 53.4 Å². The van der Waals surface area contributed by atoms with E-state index in [1.54, 1.807) is 6.08 Å². The summed E-state index contributed by atoms with van der Waals surface area (Å²) in [5.41, 5.74) is 7.81. The Bertz CT molecular complexity index is 126. The molecule has 0 aromatic carbocycles. The molecule has 0 fully saturated rings. The molecule has 0 aliphatic carbocycles. The van der Waals surface area contributed by atoms with E-state index in [0.29, 0.717) is 6.54 Å². The normalized spacial score (nSPS) is 9.33. The van der Waals surface area contributed by atoms with Crippen LogP contribution in [0.5, 0.6) is 0 Å². The topological polar surface area (TPSA) is 69.0 Å². The number of allylic oxidation sites excluding steroid dienone is 1. The molecule has 50 valence electrons. The maximum atomic E-state index is 8.14. The molecule has 0 aromatic heterocycles. The summed E-state index contributed by atoms with van der Waals surface area (Å²) in [6.45, 7) is 0.501. The molecule has 0 saturated carbocycles. The number of unbranched alkanes of at least 4 members (excludes halogenated alkanes) is 1. The molecule has 0 unspecified atom stereocenters. The van der Waals surface area contributed by atoms with Crippen LogP contribution in [-0.4, -0.2) is 11.7 Å². The lowest BCUT2D eigenvalue weighted by Gasteiger charge is -1.84. The molecule has 0 saturated heterocycles. The molecule has 0 heterocycles. The van der Waals surface area contributed by atoms with Gasteiger partial charge in [0.25, 0.3) is 0 Å². The molecule has 0 aromatic rings. The van der Waals surface area contributed by atoms with Crippen molar-refractivity contribution in [2.75, 3.05) is 6.54 Å². The van der Waals surface area contributed by atoms with E-state index in [-0.39, 0.29) is 0 Å². The summed E-state index contributed by atoms with van der Waals surface area (Å²) in [5, 5.41) is 11.4. The van der Waals surface area contributed by atoms with Gasteiger partial charge in [0, 0.05) is 11.5 Å². The van der Waals surface area contributed by atoms with E-state index >= 15 is 0 Å². The average molecular weight is 127 g/mol. The Balaban J connectivity index is 3.00. The lowest BCUT2D eigenvalue weighted by molar-refractivity contribution is 0.470. The molecular formula is C5H9N3O. The predicted octanol–water partition coefficient (Wildman–Crippen LogP) is 2.15. The second-order valence-corrected chi connectivity index (χ2v) is 1.48. The van der Waals surface area contributed by atoms with Gasteiger partial charge in [0.15, 0.2) is 0 Å². The molecule has 0 aliphatic rings. The zero-order valence-corrected chi connectivity index (χ0v) is 5.06. The van der Waals surface area contributed by atoms with Crippen LogP contribution in [0.1, 0.15) is 12.8 Å². The number of hydrogen-bond donors (Lipinski definition) is 1. The van der Waals surface area contributed by atoms with Crippen molar-refractivity contribution < 1.29 is 5.11 Å². The van der Waals surface area contributed by atoms with Crippen LogP contribution < -0.4 is 0 Å². The highest BCUT2D eigenvalue weighted by Gasteiger charge is 1.78. The highest BCUT2D eigenvalue weighted by atomic mass is 16.2. The lowest BCUT2D eigenvalue weighted by Crippen LogP contribution is -1.74. The first-order valence-electron chi connectivity index (χ1n) is 2.72. The van der Waals surface area contributed by atoms with E-state index in [9.17, 15) is 0 Å². The van der Waals surface area contributed by atoms with Gasteiger partial charge in [-0.05, 0) is 18.4 Å². The largest absolute Gasteiger partial charge is 0.516 e. The third-order valence-corrected chi connectivity index (χ3v) is 0.798. The summed E-state index contributed by atoms with van der Waals surface area (Å²) in [6, 6.07) is 0. The number of azide groups is 1. The average Bonchev–Trinajstić information content (AvgIpc) is 1.89. The molecule has 0 aliphatic heterocycles. The fourth-order valence-electron chi connectivity index (χ4n) is 0.399. The first kappa shape index (κ1) is 7.85. The van der Waals surface area contributed by atoms with E-state index in [4.69, 9.17) is 10.6 Å². The van der Waals surface area contributed by atoms with Crippen LogP contribution in [0.3, 0.4) is 0 Å². The fraction of sp³-hybridized carbons (Fsp3) is 0.600. The number of aliphatic hydroxyl groups is 1. The maximum Gasteiger partial charge on any atom is 0.0751 e. The molecule has 0 amide bonds. The van der Waals surface area contributed by atoms with Crippen LogP contribution in [0.15, 0.2) is 17.5 Å². The SMILES string of the molecule is [N-]=[N+]=NCCCC=CO. The van der Waals surface area contributed by atoms with Crippen molar-refractivity contribution in [2.45, 2.75) is 12.8 Å². The molecule has 0 spiro atoms. The molecule has 0 rings (SSSR count). The van der Waals surface area contributed by atoms with Gasteiger partial charge in [-0.25, -0.2) is 0 Å². The molecule has 1 N–H and O–H groups in total. The molecule has 4 heteroatoms. The number of hydrogen-bond acceptors (Lipinski definition) is 2. The van der Waals surface area contributed by atoms with E-state index < -0.39 is 0 Å². The predicted molar refractivity (Wildman–Crippen MR) is 35.0 cm³/mol. The van der Waals surface area contributed by atoms with E-state index in [0.717, 1.165) is 19.1 Å². The first-order chi connectivity index (χ1) is 4.41. The number of rotatable bonds is 4. The summed E-state index contributed by atoms with van der Waals surface area (Å²) in [6.07, 6.45) is 4.17. The smallest absolute Gasteiger partial charge is 0.0751 e. The summed E-state index contributed by atoms with van der Waals surface area (Å²) < 4.78 is 0. The molecule has 0 atom stereocenters. The van der Waals surface area contributed by atoms with Crippen LogP contribution >= 0.6 is 0 Å². The molecule has 0 radical (unpaired) electrons. The van der Waals surface area contributed by atoms with Crippen LogP contribution in [0.25, 0.3) is 10.4 Å². The van der Waals surface area contributed by atoms with Crippen LogP contribution in [-0.2, 0) is 0 Å². The van der Waals surface area contributed by atoms with E-state index in [1.165, 1.54) is 0 Å². The number of aliphatic hydroxyl groups excluding tert-OH is 1. The minimum Gasteiger partial charge on any atom is -0.516 e. The van der Waals surface area contributed by atoms with Crippen molar-refractivity contribution in [2.24, 2.45) is 5.11 Å². The Hall–Kier alpha value is -1.15. The number of nitrogens with zero attached hydrogens (tertiary/aromatic N) is 3. The van der Waals surface area contributed by atoms with Crippen molar-refractivity contribution in [1.82, 2.24) is 0 Å². The Morgan fingerprint density at radius 1 is 1.67 bits per heavy atom. The lowest BCUT2D eigenvalue weighted by atomic mass is 10.3. The summed E-state index contributed by atoms with van der Waals surface area (Å²) in [5.74, 6) is 0. The summed E-state index contributed by atoms with van der Waals surface area (Å²) in [4.78, 5) is 2.57. The van der Waals surface area contributed by atoms with Gasteiger partial charge >= 0.3 is 0 Å². The first-order valence-corrected chi connectivity index (χ1v) is 2.72. The Morgan fingerprint density at radius 3 is 3.00 bits per heavy atom. The van der Waals surface area contributed by atoms with Gasteiger partial charge in [-0.15, -0.1) is 0 Å². The van der Waals surface area contributed by atoms with E-state index in [1.807, 2.05) is 0 Å². The zero-order chi connectivity index (χ0) is 6.95. The summed E-state index contributed by atoms with van der Waals surface area (Å²) >= 11 is 0. The van der Waals surface area contributed by atoms with Crippen LogP contribution in [0, 0.1) is 0 Å². The van der Waals surface area contributed by atoms with Gasteiger partial charge in [-0.1, -0.05) is 11.2 Å². The Morgan fingerprint density at radius 2 is 2.44 bits per heavy atom. The monoisotopic (exact) mass is 127 g/mol. The highest BCUT2D eigenvalue weighted by molar-refractivity contribution is 4.71. The highest BCUT2D eigenvalue weighted by Crippen LogP contribution is 1.89. The molecule has 0 bridgehead atoms. The van der Waals surface area contributed by atoms with Gasteiger partial charge in [-0.3, -0.25) is 0 Å². The molecule has 9 heavy (non-hydrogen) atoms. The van der Waals surface area contributed by atoms with Crippen LogP contribution in [0.2, 0.25) is 0 Å². The second-order valence-electron chi connectivity index (χ2n) is 1.48. The van der Waals surface area contributed by atoms with Gasteiger partial charge in [0.1, 0.15) is 0 Å². The standard InChI is InChI=1S/C5H9N3O/c6-8-7-4-2-1-3-5-9/h3,5,9H,1-2,4H2. The third kappa shape index (κ3) is 6.85. The Kier molecular flexibility index (Phi) is 5.97. The van der Waals surface area contributed by atoms with Gasteiger partial charge in [0.2, 0.25) is 0 Å². The summed E-state index contributed by atoms with van der Waals surface area (Å²) in [7, 11) is 0. The quantitative estimate of drug-likeness (QED) is 0.203. The fourth-order valence-corrected chi connectivity index (χ4v) is 0.399. The van der Waals surface area contributed by atoms with E-state index in [2.05, 4.69) is 10.0 Å². The molecule has 4 nitrogen and oxygen atoms in total. The second kappa shape index (κ2) is 6.85. The van der Waals surface area contributed by atoms with Crippen molar-refractivity contribution in [1.29, 1.82) is 0 Å². The van der Waals surface area contributed by atoms with Gasteiger partial charge in [-0.2, -0.15) is 0 Å². The van der Waals surface area contributed by atoms with Crippen molar-refractivity contribution in [3.8, 4) is 0 Å². The van der Waals surface area contributed by atoms with Crippen molar-refractivity contribution >= 4 is 0 Å². The van der Waals surface area contributed by atoms with Crippen LogP contribution in [0.4, 0.5) is 0 Å².